The average molecular weight is 298 g/mol. The first-order chi connectivity index (χ1) is 9.22. The van der Waals surface area contributed by atoms with Crippen molar-refractivity contribution >= 4 is 23.3 Å². The monoisotopic (exact) mass is 298 g/mol. The van der Waals surface area contributed by atoms with Gasteiger partial charge in [-0.15, -0.1) is 11.3 Å². The van der Waals surface area contributed by atoms with Crippen LogP contribution in [0.25, 0.3) is 0 Å². The van der Waals surface area contributed by atoms with E-state index in [9.17, 15) is 9.59 Å². The molecule has 6 heteroatoms. The van der Waals surface area contributed by atoms with Gasteiger partial charge >= 0.3 is 12.0 Å². The minimum absolute atomic E-state index is 0.151. The van der Waals surface area contributed by atoms with Crippen LogP contribution < -0.4 is 10.6 Å². The number of rotatable bonds is 5. The Bertz CT molecular complexity index is 497. The lowest BCUT2D eigenvalue weighted by Crippen LogP contribution is -2.49. The van der Waals surface area contributed by atoms with Crippen LogP contribution in [0.3, 0.4) is 0 Å². The highest BCUT2D eigenvalue weighted by Crippen LogP contribution is 2.25. The molecule has 0 aliphatic heterocycles. The summed E-state index contributed by atoms with van der Waals surface area (Å²) in [5.74, 6) is -1.19. The van der Waals surface area contributed by atoms with Crippen molar-refractivity contribution in [3.05, 3.63) is 21.4 Å². The minimum atomic E-state index is -1.02. The van der Waals surface area contributed by atoms with Gasteiger partial charge in [0, 0.05) is 9.75 Å². The van der Waals surface area contributed by atoms with Gasteiger partial charge in [0.2, 0.25) is 0 Å². The fourth-order valence-corrected chi connectivity index (χ4v) is 3.07. The fraction of sp³-hybridized carbons (Fsp3) is 0.571. The van der Waals surface area contributed by atoms with Gasteiger partial charge in [-0.25, -0.2) is 9.59 Å². The maximum atomic E-state index is 11.9. The zero-order valence-electron chi connectivity index (χ0n) is 12.5. The highest BCUT2D eigenvalue weighted by atomic mass is 32.1. The number of aliphatic carboxylic acids is 1. The minimum Gasteiger partial charge on any atom is -0.480 e. The average Bonchev–Trinajstić information content (AvgIpc) is 2.64. The van der Waals surface area contributed by atoms with E-state index < -0.39 is 18.0 Å². The Balaban J connectivity index is 2.66. The molecule has 0 fully saturated rings. The zero-order chi connectivity index (χ0) is 15.4. The van der Waals surface area contributed by atoms with Crippen LogP contribution in [0.5, 0.6) is 0 Å². The van der Waals surface area contributed by atoms with Crippen molar-refractivity contribution in [2.24, 2.45) is 5.92 Å². The van der Waals surface area contributed by atoms with Crippen LogP contribution in [-0.2, 0) is 4.79 Å². The number of carbonyl (C=O) groups is 2. The van der Waals surface area contributed by atoms with Crippen molar-refractivity contribution in [2.45, 2.75) is 46.7 Å². The summed E-state index contributed by atoms with van der Waals surface area (Å²) in [6, 6.07) is 0.554. The number of aryl methyl sites for hydroxylation is 2. The van der Waals surface area contributed by atoms with E-state index in [4.69, 9.17) is 5.11 Å². The SMILES string of the molecule is Cc1cc(C(C)NC(=O)N[C@H](C(=O)O)C(C)C)c(C)s1. The summed E-state index contributed by atoms with van der Waals surface area (Å²) in [5, 5.41) is 14.3. The van der Waals surface area contributed by atoms with Crippen LogP contribution in [0.15, 0.2) is 6.07 Å². The van der Waals surface area contributed by atoms with Crippen LogP contribution >= 0.6 is 11.3 Å². The number of hydrogen-bond donors (Lipinski definition) is 3. The number of thiophene rings is 1. The summed E-state index contributed by atoms with van der Waals surface area (Å²) < 4.78 is 0. The predicted molar refractivity (Wildman–Crippen MR) is 80.1 cm³/mol. The lowest BCUT2D eigenvalue weighted by Gasteiger charge is -2.20. The Morgan fingerprint density at radius 3 is 2.20 bits per heavy atom. The van der Waals surface area contributed by atoms with Gasteiger partial charge in [0.25, 0.3) is 0 Å². The number of carboxylic acid groups (broad SMARTS) is 1. The Morgan fingerprint density at radius 2 is 1.80 bits per heavy atom. The van der Waals surface area contributed by atoms with Crippen molar-refractivity contribution in [1.82, 2.24) is 10.6 Å². The molecular formula is C14H22N2O3S. The third-order valence-electron chi connectivity index (χ3n) is 3.11. The number of urea groups is 1. The molecule has 0 radical (unpaired) electrons. The van der Waals surface area contributed by atoms with Gasteiger partial charge in [0.15, 0.2) is 0 Å². The van der Waals surface area contributed by atoms with Gasteiger partial charge in [-0.05, 0) is 38.3 Å². The van der Waals surface area contributed by atoms with Crippen LogP contribution in [0, 0.1) is 19.8 Å². The molecular weight excluding hydrogens is 276 g/mol. The third kappa shape index (κ3) is 4.23. The molecule has 1 aromatic rings. The third-order valence-corrected chi connectivity index (χ3v) is 4.09. The van der Waals surface area contributed by atoms with E-state index in [2.05, 4.69) is 10.6 Å². The molecule has 0 aliphatic rings. The van der Waals surface area contributed by atoms with Gasteiger partial charge in [-0.1, -0.05) is 13.8 Å². The fourth-order valence-electron chi connectivity index (χ4n) is 2.05. The van der Waals surface area contributed by atoms with E-state index in [0.717, 1.165) is 10.4 Å². The zero-order valence-corrected chi connectivity index (χ0v) is 13.3. The van der Waals surface area contributed by atoms with Crippen LogP contribution in [0.1, 0.15) is 42.1 Å². The lowest BCUT2D eigenvalue weighted by atomic mass is 10.1. The molecule has 0 aliphatic carbocycles. The quantitative estimate of drug-likeness (QED) is 0.782. The molecule has 112 valence electrons. The highest BCUT2D eigenvalue weighted by molar-refractivity contribution is 7.12. The summed E-state index contributed by atoms with van der Waals surface area (Å²) >= 11 is 1.68. The summed E-state index contributed by atoms with van der Waals surface area (Å²) in [7, 11) is 0. The van der Waals surface area contributed by atoms with Gasteiger partial charge in [-0.2, -0.15) is 0 Å². The summed E-state index contributed by atoms with van der Waals surface area (Å²) in [6.45, 7) is 9.44. The van der Waals surface area contributed by atoms with Crippen molar-refractivity contribution in [3.63, 3.8) is 0 Å². The first-order valence-electron chi connectivity index (χ1n) is 6.59. The van der Waals surface area contributed by atoms with Crippen LogP contribution in [0.2, 0.25) is 0 Å². The Hall–Kier alpha value is -1.56. The molecule has 20 heavy (non-hydrogen) atoms. The molecule has 1 aromatic heterocycles. The Kier molecular flexibility index (Phi) is 5.56. The maximum absolute atomic E-state index is 11.9. The van der Waals surface area contributed by atoms with Crippen molar-refractivity contribution in [1.29, 1.82) is 0 Å². The molecule has 2 amide bonds. The number of carbonyl (C=O) groups excluding carboxylic acids is 1. The summed E-state index contributed by atoms with van der Waals surface area (Å²) in [5.41, 5.74) is 1.07. The standard InChI is InChI=1S/C14H22N2O3S/c1-7(2)12(13(17)18)16-14(19)15-9(4)11-6-8(3)20-10(11)5/h6-7,9,12H,1-5H3,(H,17,18)(H2,15,16,19)/t9?,12-/m0/s1. The molecule has 1 unspecified atom stereocenters. The lowest BCUT2D eigenvalue weighted by molar-refractivity contribution is -0.140. The molecule has 3 N–H and O–H groups in total. The van der Waals surface area contributed by atoms with E-state index in [1.807, 2.05) is 26.8 Å². The first kappa shape index (κ1) is 16.5. The topological polar surface area (TPSA) is 78.4 Å². The van der Waals surface area contributed by atoms with E-state index in [-0.39, 0.29) is 12.0 Å². The smallest absolute Gasteiger partial charge is 0.326 e. The van der Waals surface area contributed by atoms with Crippen molar-refractivity contribution in [2.75, 3.05) is 0 Å². The first-order valence-corrected chi connectivity index (χ1v) is 7.40. The molecule has 1 heterocycles. The molecule has 0 saturated heterocycles. The Morgan fingerprint density at radius 1 is 1.20 bits per heavy atom. The summed E-state index contributed by atoms with van der Waals surface area (Å²) in [4.78, 5) is 25.3. The van der Waals surface area contributed by atoms with E-state index in [1.165, 1.54) is 4.88 Å². The van der Waals surface area contributed by atoms with Crippen LogP contribution in [-0.4, -0.2) is 23.1 Å². The highest BCUT2D eigenvalue weighted by Gasteiger charge is 2.24. The molecule has 0 saturated carbocycles. The van der Waals surface area contributed by atoms with E-state index >= 15 is 0 Å². The van der Waals surface area contributed by atoms with E-state index in [1.54, 1.807) is 25.2 Å². The second kappa shape index (κ2) is 6.74. The van der Waals surface area contributed by atoms with Gasteiger partial charge < -0.3 is 15.7 Å². The molecule has 0 aromatic carbocycles. The van der Waals surface area contributed by atoms with Gasteiger partial charge in [-0.3, -0.25) is 0 Å². The molecule has 5 nitrogen and oxygen atoms in total. The predicted octanol–water partition coefficient (Wildman–Crippen LogP) is 2.83. The number of amides is 2. The van der Waals surface area contributed by atoms with Gasteiger partial charge in [0.05, 0.1) is 6.04 Å². The van der Waals surface area contributed by atoms with Gasteiger partial charge in [0.1, 0.15) is 6.04 Å². The maximum Gasteiger partial charge on any atom is 0.326 e. The molecule has 0 bridgehead atoms. The molecule has 1 rings (SSSR count). The van der Waals surface area contributed by atoms with Crippen molar-refractivity contribution < 1.29 is 14.7 Å². The van der Waals surface area contributed by atoms with Crippen molar-refractivity contribution in [3.8, 4) is 0 Å². The second-order valence-corrected chi connectivity index (χ2v) is 6.73. The number of nitrogens with one attached hydrogen (secondary N) is 2. The molecule has 0 spiro atoms. The summed E-state index contributed by atoms with van der Waals surface area (Å²) in [6.07, 6.45) is 0. The number of hydrogen-bond acceptors (Lipinski definition) is 3. The Labute approximate surface area is 123 Å². The van der Waals surface area contributed by atoms with E-state index in [0.29, 0.717) is 0 Å². The largest absolute Gasteiger partial charge is 0.480 e. The number of carboxylic acids is 1. The normalized spacial score (nSPS) is 13.9. The second-order valence-electron chi connectivity index (χ2n) is 5.27. The molecule has 2 atom stereocenters. The van der Waals surface area contributed by atoms with Crippen LogP contribution in [0.4, 0.5) is 4.79 Å².